The van der Waals surface area contributed by atoms with Gasteiger partial charge in [-0.1, -0.05) is 13.0 Å². The summed E-state index contributed by atoms with van der Waals surface area (Å²) in [5, 5.41) is 18.3. The molecule has 0 saturated heterocycles. The fourth-order valence-corrected chi connectivity index (χ4v) is 2.09. The minimum atomic E-state index is -0.652. The fourth-order valence-electron chi connectivity index (χ4n) is 2.09. The predicted octanol–water partition coefficient (Wildman–Crippen LogP) is 1.30. The zero-order chi connectivity index (χ0) is 17.1. The maximum absolute atomic E-state index is 11.8. The summed E-state index contributed by atoms with van der Waals surface area (Å²) in [6.45, 7) is 3.85. The molecule has 0 spiro atoms. The van der Waals surface area contributed by atoms with Crippen molar-refractivity contribution in [2.24, 2.45) is 0 Å². The Labute approximate surface area is 133 Å². The zero-order valence-corrected chi connectivity index (χ0v) is 13.2. The van der Waals surface area contributed by atoms with Crippen molar-refractivity contribution in [2.75, 3.05) is 17.7 Å². The standard InChI is InChI=1S/C16H19N3O4/c1-4-8(2)18-11-12(15(22)14(11)21)19-10-7-5-6-9(13(10)20)16(23)17-3/h5-8,18-20H,4H2,1-3H3,(H,17,23)/t8-/m0/s1. The van der Waals surface area contributed by atoms with Gasteiger partial charge in [0.05, 0.1) is 11.3 Å². The number of phenolic OH excluding ortho intramolecular Hbond substituents is 1. The Morgan fingerprint density at radius 2 is 1.87 bits per heavy atom. The maximum atomic E-state index is 11.8. The first kappa shape index (κ1) is 16.5. The molecule has 0 radical (unpaired) electrons. The zero-order valence-electron chi connectivity index (χ0n) is 13.2. The Kier molecular flexibility index (Phi) is 4.68. The van der Waals surface area contributed by atoms with Crippen LogP contribution >= 0.6 is 0 Å². The van der Waals surface area contributed by atoms with Crippen LogP contribution in [0.2, 0.25) is 0 Å². The topological polar surface area (TPSA) is 108 Å². The number of amides is 1. The molecule has 4 N–H and O–H groups in total. The van der Waals surface area contributed by atoms with Crippen LogP contribution < -0.4 is 26.8 Å². The second-order valence-corrected chi connectivity index (χ2v) is 5.27. The molecule has 0 unspecified atom stereocenters. The lowest BCUT2D eigenvalue weighted by Crippen LogP contribution is -2.38. The molecule has 0 aliphatic rings. The van der Waals surface area contributed by atoms with Gasteiger partial charge >= 0.3 is 0 Å². The molecular weight excluding hydrogens is 298 g/mol. The van der Waals surface area contributed by atoms with Crippen LogP contribution in [0, 0.1) is 0 Å². The molecule has 122 valence electrons. The number of nitrogens with one attached hydrogen (secondary N) is 3. The Bertz CT molecular complexity index is 806. The highest BCUT2D eigenvalue weighted by Crippen LogP contribution is 2.31. The molecule has 0 aromatic heterocycles. The molecule has 2 aromatic carbocycles. The van der Waals surface area contributed by atoms with Crippen LogP contribution in [-0.4, -0.2) is 24.1 Å². The highest BCUT2D eigenvalue weighted by atomic mass is 16.3. The molecule has 0 aliphatic carbocycles. The number of phenols is 1. The molecular formula is C16H19N3O4. The second-order valence-electron chi connectivity index (χ2n) is 5.27. The van der Waals surface area contributed by atoms with Crippen LogP contribution in [0.5, 0.6) is 5.75 Å². The number of para-hydroxylation sites is 1. The predicted molar refractivity (Wildman–Crippen MR) is 89.5 cm³/mol. The monoisotopic (exact) mass is 317 g/mol. The highest BCUT2D eigenvalue weighted by molar-refractivity contribution is 5.99. The molecule has 0 aliphatic heterocycles. The smallest absolute Gasteiger partial charge is 0.254 e. The lowest BCUT2D eigenvalue weighted by Gasteiger charge is -2.19. The second kappa shape index (κ2) is 6.51. The van der Waals surface area contributed by atoms with E-state index in [4.69, 9.17) is 0 Å². The molecule has 0 heterocycles. The number of rotatable bonds is 6. The lowest BCUT2D eigenvalue weighted by molar-refractivity contribution is 0.0960. The largest absolute Gasteiger partial charge is 0.505 e. The van der Waals surface area contributed by atoms with Crippen molar-refractivity contribution in [2.45, 2.75) is 26.3 Å². The minimum absolute atomic E-state index is 0.0321. The number of hydrogen-bond acceptors (Lipinski definition) is 6. The summed E-state index contributed by atoms with van der Waals surface area (Å²) in [7, 11) is 1.45. The van der Waals surface area contributed by atoms with E-state index in [1.54, 1.807) is 6.07 Å². The maximum Gasteiger partial charge on any atom is 0.254 e. The third kappa shape index (κ3) is 3.03. The summed E-state index contributed by atoms with van der Waals surface area (Å²) < 4.78 is 0. The van der Waals surface area contributed by atoms with Gasteiger partial charge < -0.3 is 21.1 Å². The van der Waals surface area contributed by atoms with Gasteiger partial charge in [-0.15, -0.1) is 0 Å². The molecule has 7 nitrogen and oxygen atoms in total. The molecule has 1 amide bonds. The number of benzene rings is 1. The van der Waals surface area contributed by atoms with Gasteiger partial charge in [0.25, 0.3) is 16.8 Å². The summed E-state index contributed by atoms with van der Waals surface area (Å²) in [6, 6.07) is 4.58. The number of aromatic hydroxyl groups is 1. The van der Waals surface area contributed by atoms with E-state index < -0.39 is 16.8 Å². The van der Waals surface area contributed by atoms with Crippen molar-refractivity contribution in [1.82, 2.24) is 5.32 Å². The number of anilines is 3. The summed E-state index contributed by atoms with van der Waals surface area (Å²) in [5.74, 6) is -0.733. The number of hydrogen-bond donors (Lipinski definition) is 4. The minimum Gasteiger partial charge on any atom is -0.505 e. The third-order valence-electron chi connectivity index (χ3n) is 3.68. The Morgan fingerprint density at radius 3 is 2.48 bits per heavy atom. The van der Waals surface area contributed by atoms with Gasteiger partial charge in [-0.3, -0.25) is 14.4 Å². The van der Waals surface area contributed by atoms with Crippen molar-refractivity contribution >= 4 is 23.0 Å². The third-order valence-corrected chi connectivity index (χ3v) is 3.68. The van der Waals surface area contributed by atoms with E-state index in [9.17, 15) is 19.5 Å². The molecule has 7 heteroatoms. The number of carbonyl (C=O) groups is 1. The van der Waals surface area contributed by atoms with Crippen LogP contribution in [0.25, 0.3) is 0 Å². The molecule has 0 saturated carbocycles. The van der Waals surface area contributed by atoms with Crippen molar-refractivity contribution in [3.8, 4) is 5.75 Å². The van der Waals surface area contributed by atoms with E-state index in [-0.39, 0.29) is 34.4 Å². The van der Waals surface area contributed by atoms with Gasteiger partial charge in [0.15, 0.2) is 5.75 Å². The van der Waals surface area contributed by atoms with Crippen molar-refractivity contribution in [1.29, 1.82) is 0 Å². The first-order valence-electron chi connectivity index (χ1n) is 7.31. The van der Waals surface area contributed by atoms with E-state index in [1.807, 2.05) is 13.8 Å². The van der Waals surface area contributed by atoms with Crippen molar-refractivity contribution < 1.29 is 9.90 Å². The molecule has 0 bridgehead atoms. The Morgan fingerprint density at radius 1 is 1.22 bits per heavy atom. The van der Waals surface area contributed by atoms with E-state index in [1.165, 1.54) is 19.2 Å². The van der Waals surface area contributed by atoms with Gasteiger partial charge in [-0.25, -0.2) is 0 Å². The van der Waals surface area contributed by atoms with Crippen LogP contribution in [0.15, 0.2) is 27.8 Å². The SMILES string of the molecule is CC[C@H](C)Nc1c(Nc2cccc(C(=O)NC)c2O)c(=O)c1=O. The molecule has 1 atom stereocenters. The first-order chi connectivity index (χ1) is 10.9. The lowest BCUT2D eigenvalue weighted by atomic mass is 10.1. The average Bonchev–Trinajstić information content (AvgIpc) is 2.57. The number of carbonyl (C=O) groups excluding carboxylic acids is 1. The van der Waals surface area contributed by atoms with E-state index in [0.717, 1.165) is 6.42 Å². The van der Waals surface area contributed by atoms with Gasteiger partial charge in [-0.05, 0) is 25.5 Å². The van der Waals surface area contributed by atoms with Crippen molar-refractivity contribution in [3.63, 3.8) is 0 Å². The summed E-state index contributed by atoms with van der Waals surface area (Å²) in [5.41, 5.74) is -0.679. The quantitative estimate of drug-likeness (QED) is 0.472. The van der Waals surface area contributed by atoms with E-state index in [0.29, 0.717) is 0 Å². The van der Waals surface area contributed by atoms with Gasteiger partial charge in [-0.2, -0.15) is 0 Å². The summed E-state index contributed by atoms with van der Waals surface area (Å²) in [4.78, 5) is 35.1. The van der Waals surface area contributed by atoms with Crippen LogP contribution in [0.4, 0.5) is 17.1 Å². The normalized spacial score (nSPS) is 12.0. The summed E-state index contributed by atoms with van der Waals surface area (Å²) in [6.07, 6.45) is 0.787. The van der Waals surface area contributed by atoms with Gasteiger partial charge in [0.1, 0.15) is 11.4 Å². The van der Waals surface area contributed by atoms with Gasteiger partial charge in [0.2, 0.25) is 0 Å². The molecule has 2 aromatic rings. The highest BCUT2D eigenvalue weighted by Gasteiger charge is 2.23. The Balaban J connectivity index is 2.34. The van der Waals surface area contributed by atoms with E-state index >= 15 is 0 Å². The van der Waals surface area contributed by atoms with Gasteiger partial charge in [0, 0.05) is 13.1 Å². The van der Waals surface area contributed by atoms with E-state index in [2.05, 4.69) is 16.0 Å². The summed E-state index contributed by atoms with van der Waals surface area (Å²) >= 11 is 0. The van der Waals surface area contributed by atoms with Crippen molar-refractivity contribution in [3.05, 3.63) is 44.2 Å². The first-order valence-corrected chi connectivity index (χ1v) is 7.31. The average molecular weight is 317 g/mol. The molecule has 2 rings (SSSR count). The molecule has 23 heavy (non-hydrogen) atoms. The fraction of sp³-hybridized carbons (Fsp3) is 0.312. The van der Waals surface area contributed by atoms with Crippen LogP contribution in [0.3, 0.4) is 0 Å². The Hall–Kier alpha value is -2.83. The molecule has 0 fully saturated rings. The van der Waals surface area contributed by atoms with Crippen LogP contribution in [0.1, 0.15) is 30.6 Å². The van der Waals surface area contributed by atoms with Crippen LogP contribution in [-0.2, 0) is 0 Å².